The lowest BCUT2D eigenvalue weighted by Gasteiger charge is -2.20. The molecule has 0 aromatic heterocycles. The lowest BCUT2D eigenvalue weighted by molar-refractivity contribution is -0.155. The molecule has 410 valence electrons. The summed E-state index contributed by atoms with van der Waals surface area (Å²) in [7, 11) is 1.04. The average molecular weight is 1060 g/mol. The molecule has 1 N–H and O–H groups in total. The van der Waals surface area contributed by atoms with E-state index in [1.54, 1.807) is 34.6 Å². The molecule has 0 radical (unpaired) electrons. The molecule has 72 heavy (non-hydrogen) atoms. The standard InChI is InChI=1S/C30H38O34.C6H12O2/c1-5-30(2,3)19(32)44-6-7-45-20(33)47-9-49-22(35)51-11-53-24(37)55-13-57-26(39)59-15-61-28(41)63-17-64-29(42)62-16-60-27(40)58-14-56-25(38)54-12-52-23(36)50-10-48-21(34)46-8-18(31)43-4;1-4-6(2,3)5(7)8/h5-17H2,1-4H3;4H2,1-3H3,(H,7,8). The highest BCUT2D eigenvalue weighted by atomic mass is 16.9. The second-order valence-corrected chi connectivity index (χ2v) is 12.8. The van der Waals surface area contributed by atoms with Crippen LogP contribution < -0.4 is 0 Å². The Bertz CT molecular complexity index is 1770. The zero-order valence-corrected chi connectivity index (χ0v) is 39.1. The van der Waals surface area contributed by atoms with Crippen molar-refractivity contribution in [2.75, 3.05) is 88.1 Å². The second-order valence-electron chi connectivity index (χ2n) is 12.8. The highest BCUT2D eigenvalue weighted by molar-refractivity contribution is 5.76. The van der Waals surface area contributed by atoms with Crippen LogP contribution in [0.25, 0.3) is 0 Å². The zero-order valence-electron chi connectivity index (χ0n) is 39.1. The van der Waals surface area contributed by atoms with Crippen molar-refractivity contribution in [3.63, 3.8) is 0 Å². The van der Waals surface area contributed by atoms with E-state index in [1.807, 2.05) is 6.92 Å². The molecule has 0 amide bonds. The molecule has 0 aliphatic rings. The number of carbonyl (C=O) groups is 13. The first kappa shape index (κ1) is 65.2. The normalized spacial score (nSPS) is 10.0. The van der Waals surface area contributed by atoms with Crippen LogP contribution in [0.15, 0.2) is 0 Å². The highest BCUT2D eigenvalue weighted by Crippen LogP contribution is 2.21. The Hall–Kier alpha value is -8.89. The highest BCUT2D eigenvalue weighted by Gasteiger charge is 2.27. The van der Waals surface area contributed by atoms with Gasteiger partial charge in [0, 0.05) is 0 Å². The lowest BCUT2D eigenvalue weighted by Crippen LogP contribution is -2.27. The number of aliphatic carboxylic acids is 1. The Kier molecular flexibility index (Phi) is 34.4. The van der Waals surface area contributed by atoms with Crippen molar-refractivity contribution in [2.45, 2.75) is 54.4 Å². The largest absolute Gasteiger partial charge is 0.514 e. The Morgan fingerprint density at radius 3 is 0.722 bits per heavy atom. The Labute approximate surface area is 404 Å². The van der Waals surface area contributed by atoms with Gasteiger partial charge in [0.15, 0.2) is 6.61 Å². The van der Waals surface area contributed by atoms with E-state index in [9.17, 15) is 62.3 Å². The summed E-state index contributed by atoms with van der Waals surface area (Å²) in [4.78, 5) is 146. The molecular weight excluding hydrogens is 1010 g/mol. The Balaban J connectivity index is 0. The summed E-state index contributed by atoms with van der Waals surface area (Å²) in [6.07, 6.45) is -13.7. The summed E-state index contributed by atoms with van der Waals surface area (Å²) in [5.41, 5.74) is -1.26. The van der Waals surface area contributed by atoms with Gasteiger partial charge in [-0.15, -0.1) is 0 Å². The van der Waals surface area contributed by atoms with Gasteiger partial charge in [0.05, 0.1) is 17.9 Å². The molecule has 0 aliphatic heterocycles. The van der Waals surface area contributed by atoms with Crippen molar-refractivity contribution in [3.8, 4) is 0 Å². The summed E-state index contributed by atoms with van der Waals surface area (Å²) in [6, 6.07) is 0. The number of rotatable bonds is 27. The smallest absolute Gasteiger partial charge is 0.481 e. The van der Waals surface area contributed by atoms with E-state index in [2.05, 4.69) is 99.5 Å². The number of carboxylic acids is 1. The molecule has 0 heterocycles. The lowest BCUT2D eigenvalue weighted by atomic mass is 9.91. The fourth-order valence-electron chi connectivity index (χ4n) is 2.47. The number of esters is 2. The van der Waals surface area contributed by atoms with Crippen LogP contribution in [-0.4, -0.2) is 173 Å². The maximum absolute atomic E-state index is 11.8. The van der Waals surface area contributed by atoms with Gasteiger partial charge in [0.1, 0.15) is 13.2 Å². The fourth-order valence-corrected chi connectivity index (χ4v) is 2.47. The van der Waals surface area contributed by atoms with Crippen LogP contribution in [-0.2, 0) is 119 Å². The summed E-state index contributed by atoms with van der Waals surface area (Å²) < 4.78 is 95.0. The number of carboxylic acid groups (broad SMARTS) is 1. The number of hydrogen-bond donors (Lipinski definition) is 1. The molecule has 0 unspecified atom stereocenters. The number of hydrogen-bond acceptors (Lipinski definition) is 35. The maximum atomic E-state index is 11.8. The fraction of sp³-hybridized carbons (Fsp3) is 0.639. The van der Waals surface area contributed by atoms with Gasteiger partial charge in [0.25, 0.3) is 0 Å². The first-order chi connectivity index (χ1) is 33.9. The van der Waals surface area contributed by atoms with Crippen LogP contribution in [0.2, 0.25) is 0 Å². The molecule has 0 saturated heterocycles. The van der Waals surface area contributed by atoms with E-state index in [0.29, 0.717) is 12.8 Å². The minimum absolute atomic E-state index is 0.244. The third kappa shape index (κ3) is 37.1. The average Bonchev–Trinajstić information content (AvgIpc) is 3.32. The van der Waals surface area contributed by atoms with Crippen molar-refractivity contribution in [3.05, 3.63) is 0 Å². The predicted octanol–water partition coefficient (Wildman–Crippen LogP) is 3.80. The summed E-state index contributed by atoms with van der Waals surface area (Å²) in [5.74, 6) is -2.11. The van der Waals surface area contributed by atoms with Gasteiger partial charge >= 0.3 is 79.5 Å². The van der Waals surface area contributed by atoms with Crippen LogP contribution in [0.5, 0.6) is 0 Å². The van der Waals surface area contributed by atoms with E-state index in [1.165, 1.54) is 0 Å². The van der Waals surface area contributed by atoms with E-state index in [4.69, 9.17) is 9.84 Å². The Morgan fingerprint density at radius 2 is 0.528 bits per heavy atom. The van der Waals surface area contributed by atoms with Crippen LogP contribution in [0.4, 0.5) is 47.9 Å². The predicted molar refractivity (Wildman–Crippen MR) is 208 cm³/mol. The Morgan fingerprint density at radius 1 is 0.319 bits per heavy atom. The van der Waals surface area contributed by atoms with E-state index >= 15 is 0 Å². The second kappa shape index (κ2) is 38.0. The molecule has 0 spiro atoms. The monoisotopic (exact) mass is 1060 g/mol. The van der Waals surface area contributed by atoms with Gasteiger partial charge < -0.3 is 109 Å². The first-order valence-corrected chi connectivity index (χ1v) is 19.3. The molecule has 0 aromatic carbocycles. The molecule has 0 saturated carbocycles. The quantitative estimate of drug-likeness (QED) is 0.0529. The molecule has 0 bridgehead atoms. The summed E-state index contributed by atoms with van der Waals surface area (Å²) >= 11 is 0. The maximum Gasteiger partial charge on any atom is 0.514 e. The summed E-state index contributed by atoms with van der Waals surface area (Å²) in [5, 5.41) is 8.44. The topological polar surface area (TPSA) is 445 Å². The van der Waals surface area contributed by atoms with Gasteiger partial charge in [-0.05, 0) is 40.5 Å². The minimum Gasteiger partial charge on any atom is -0.481 e. The van der Waals surface area contributed by atoms with Crippen LogP contribution >= 0.6 is 0 Å². The molecule has 0 aromatic rings. The SMILES string of the molecule is CCC(C)(C)C(=O)O.CCC(C)(C)C(=O)OCCOC(=O)OCOC(=O)OCOC(=O)OCOC(=O)OCOC(=O)OCOC(=O)OCOC(=O)OCOC(=O)OCOC(=O)OCOC(=O)OCC(=O)OC. The van der Waals surface area contributed by atoms with Crippen LogP contribution in [0.1, 0.15) is 54.4 Å². The third-order valence-corrected chi connectivity index (χ3v) is 7.15. The van der Waals surface area contributed by atoms with Gasteiger partial charge in [-0.25, -0.2) is 52.7 Å². The van der Waals surface area contributed by atoms with E-state index in [-0.39, 0.29) is 13.2 Å². The molecule has 0 aliphatic carbocycles. The molecule has 0 fully saturated rings. The van der Waals surface area contributed by atoms with Crippen molar-refractivity contribution >= 4 is 79.5 Å². The molecule has 0 rings (SSSR count). The minimum atomic E-state index is -1.57. The van der Waals surface area contributed by atoms with Crippen molar-refractivity contribution in [1.82, 2.24) is 0 Å². The first-order valence-electron chi connectivity index (χ1n) is 19.3. The van der Waals surface area contributed by atoms with Gasteiger partial charge in [0.2, 0.25) is 61.1 Å². The van der Waals surface area contributed by atoms with Crippen LogP contribution in [0, 0.1) is 10.8 Å². The van der Waals surface area contributed by atoms with Gasteiger partial charge in [-0.2, -0.15) is 0 Å². The van der Waals surface area contributed by atoms with Crippen LogP contribution in [0.3, 0.4) is 0 Å². The van der Waals surface area contributed by atoms with E-state index in [0.717, 1.165) is 7.11 Å². The van der Waals surface area contributed by atoms with Crippen molar-refractivity contribution < 1.29 is 172 Å². The van der Waals surface area contributed by atoms with Crippen molar-refractivity contribution in [1.29, 1.82) is 0 Å². The molecule has 36 nitrogen and oxygen atoms in total. The van der Waals surface area contributed by atoms with Gasteiger partial charge in [-0.3, -0.25) is 9.59 Å². The third-order valence-electron chi connectivity index (χ3n) is 7.15. The summed E-state index contributed by atoms with van der Waals surface area (Å²) in [6.45, 7) is -0.646. The molecular formula is C36H50O36. The molecule has 36 heteroatoms. The number of ether oxygens (including phenoxy) is 22. The number of methoxy groups -OCH3 is 1. The molecule has 0 atom stereocenters. The van der Waals surface area contributed by atoms with Gasteiger partial charge in [-0.1, -0.05) is 13.8 Å². The number of carbonyl (C=O) groups excluding carboxylic acids is 12. The van der Waals surface area contributed by atoms with Crippen molar-refractivity contribution in [2.24, 2.45) is 10.8 Å². The zero-order chi connectivity index (χ0) is 55.0. The van der Waals surface area contributed by atoms with E-state index < -0.39 is 158 Å².